The van der Waals surface area contributed by atoms with Crippen LogP contribution in [0.25, 0.3) is 0 Å². The van der Waals surface area contributed by atoms with E-state index in [1.54, 1.807) is 13.8 Å². The highest BCUT2D eigenvalue weighted by Crippen LogP contribution is 2.04. The Bertz CT molecular complexity index is 420. The smallest absolute Gasteiger partial charge is 0.310 e. The first-order valence-corrected chi connectivity index (χ1v) is 6.24. The topological polar surface area (TPSA) is 81.4 Å². The summed E-state index contributed by atoms with van der Waals surface area (Å²) in [6.07, 6.45) is 0. The molecule has 0 aliphatic heterocycles. The molecule has 0 aromatic heterocycles. The van der Waals surface area contributed by atoms with Crippen LogP contribution in [0.4, 0.5) is 0 Å². The maximum absolute atomic E-state index is 11.7. The van der Waals surface area contributed by atoms with Gasteiger partial charge in [0, 0.05) is 6.54 Å². The summed E-state index contributed by atoms with van der Waals surface area (Å²) in [4.78, 5) is 22.6. The fourth-order valence-corrected chi connectivity index (χ4v) is 1.41. The van der Waals surface area contributed by atoms with E-state index < -0.39 is 11.9 Å². The molecule has 0 spiro atoms. The molecule has 2 atom stereocenters. The zero-order valence-electron chi connectivity index (χ0n) is 11.3. The summed E-state index contributed by atoms with van der Waals surface area (Å²) in [5.74, 6) is -1.07. The van der Waals surface area contributed by atoms with Gasteiger partial charge in [0.15, 0.2) is 0 Å². The minimum absolute atomic E-state index is 0.259. The van der Waals surface area contributed by atoms with Gasteiger partial charge in [-0.2, -0.15) is 0 Å². The lowest BCUT2D eigenvalue weighted by Crippen LogP contribution is -2.42. The molecule has 0 saturated carbocycles. The predicted octanol–water partition coefficient (Wildman–Crippen LogP) is 0.829. The number of nitrogens with two attached hydrogens (primary N) is 1. The number of carbonyl (C=O) groups excluding carboxylic acids is 2. The molecule has 0 heterocycles. The van der Waals surface area contributed by atoms with E-state index in [0.29, 0.717) is 6.54 Å². The second-order valence-corrected chi connectivity index (χ2v) is 4.53. The van der Waals surface area contributed by atoms with Crippen molar-refractivity contribution >= 4 is 11.9 Å². The Morgan fingerprint density at radius 2 is 1.89 bits per heavy atom. The number of benzene rings is 1. The highest BCUT2D eigenvalue weighted by molar-refractivity contribution is 5.79. The number of primary amides is 1. The minimum Gasteiger partial charge on any atom is -0.461 e. The van der Waals surface area contributed by atoms with Crippen LogP contribution < -0.4 is 11.1 Å². The van der Waals surface area contributed by atoms with Gasteiger partial charge in [-0.1, -0.05) is 37.3 Å². The number of carbonyl (C=O) groups is 2. The Morgan fingerprint density at radius 1 is 1.26 bits per heavy atom. The van der Waals surface area contributed by atoms with E-state index in [2.05, 4.69) is 5.32 Å². The van der Waals surface area contributed by atoms with Crippen molar-refractivity contribution in [1.29, 1.82) is 0 Å². The molecule has 3 N–H and O–H groups in total. The summed E-state index contributed by atoms with van der Waals surface area (Å²) in [7, 11) is 0. The van der Waals surface area contributed by atoms with E-state index in [9.17, 15) is 9.59 Å². The van der Waals surface area contributed by atoms with E-state index in [1.165, 1.54) is 0 Å². The second kappa shape index (κ2) is 7.53. The highest BCUT2D eigenvalue weighted by atomic mass is 16.5. The molecule has 1 aromatic carbocycles. The number of ether oxygens (including phenoxy) is 1. The van der Waals surface area contributed by atoms with Crippen molar-refractivity contribution in [2.24, 2.45) is 11.7 Å². The molecule has 0 bridgehead atoms. The van der Waals surface area contributed by atoms with Crippen LogP contribution in [-0.4, -0.2) is 24.5 Å². The molecule has 19 heavy (non-hydrogen) atoms. The van der Waals surface area contributed by atoms with Crippen LogP contribution in [0.15, 0.2) is 30.3 Å². The molecular weight excluding hydrogens is 244 g/mol. The summed E-state index contributed by atoms with van der Waals surface area (Å²) in [5.41, 5.74) is 6.06. The Labute approximate surface area is 113 Å². The van der Waals surface area contributed by atoms with Crippen LogP contribution in [0.2, 0.25) is 0 Å². The van der Waals surface area contributed by atoms with Crippen molar-refractivity contribution < 1.29 is 14.3 Å². The number of hydrogen-bond donors (Lipinski definition) is 2. The highest BCUT2D eigenvalue weighted by Gasteiger charge is 2.16. The number of amides is 1. The van der Waals surface area contributed by atoms with Crippen molar-refractivity contribution in [2.45, 2.75) is 26.5 Å². The Kier molecular flexibility index (Phi) is 6.02. The third kappa shape index (κ3) is 5.52. The molecule has 104 valence electrons. The molecule has 1 aromatic rings. The molecular formula is C14H20N2O3. The van der Waals surface area contributed by atoms with Crippen molar-refractivity contribution in [3.8, 4) is 0 Å². The fourth-order valence-electron chi connectivity index (χ4n) is 1.41. The zero-order valence-corrected chi connectivity index (χ0v) is 11.3. The van der Waals surface area contributed by atoms with Crippen molar-refractivity contribution in [3.05, 3.63) is 35.9 Å². The third-order valence-corrected chi connectivity index (χ3v) is 2.78. The lowest BCUT2D eigenvalue weighted by Gasteiger charge is -2.15. The van der Waals surface area contributed by atoms with Gasteiger partial charge < -0.3 is 15.8 Å². The quantitative estimate of drug-likeness (QED) is 0.715. The molecule has 5 heteroatoms. The van der Waals surface area contributed by atoms with Gasteiger partial charge in [-0.15, -0.1) is 0 Å². The number of esters is 1. The normalized spacial score (nSPS) is 13.6. The van der Waals surface area contributed by atoms with E-state index in [0.717, 1.165) is 5.56 Å². The number of hydrogen-bond acceptors (Lipinski definition) is 4. The first-order chi connectivity index (χ1) is 9.00. The van der Waals surface area contributed by atoms with Crippen molar-refractivity contribution in [3.63, 3.8) is 0 Å². The standard InChI is InChI=1S/C14H20N2O3/c1-10(8-16-11(2)13(15)17)14(18)19-9-12-6-4-3-5-7-12/h3-7,10-11,16H,8-9H2,1-2H3,(H2,15,17). The maximum atomic E-state index is 11.7. The number of rotatable bonds is 7. The maximum Gasteiger partial charge on any atom is 0.310 e. The van der Waals surface area contributed by atoms with E-state index in [-0.39, 0.29) is 18.5 Å². The summed E-state index contributed by atoms with van der Waals surface area (Å²) >= 11 is 0. The average Bonchev–Trinajstić information content (AvgIpc) is 2.42. The van der Waals surface area contributed by atoms with Gasteiger partial charge in [-0.05, 0) is 12.5 Å². The van der Waals surface area contributed by atoms with Gasteiger partial charge >= 0.3 is 5.97 Å². The monoisotopic (exact) mass is 264 g/mol. The largest absolute Gasteiger partial charge is 0.461 e. The molecule has 0 fully saturated rings. The second-order valence-electron chi connectivity index (χ2n) is 4.53. The first kappa shape index (κ1) is 15.2. The minimum atomic E-state index is -0.454. The van der Waals surface area contributed by atoms with Gasteiger partial charge in [0.1, 0.15) is 6.61 Å². The van der Waals surface area contributed by atoms with Gasteiger partial charge in [0.05, 0.1) is 12.0 Å². The first-order valence-electron chi connectivity index (χ1n) is 6.24. The third-order valence-electron chi connectivity index (χ3n) is 2.78. The van der Waals surface area contributed by atoms with Gasteiger partial charge in [0.25, 0.3) is 0 Å². The summed E-state index contributed by atoms with van der Waals surface area (Å²) in [6.45, 7) is 4.02. The average molecular weight is 264 g/mol. The summed E-state index contributed by atoms with van der Waals surface area (Å²) < 4.78 is 5.19. The van der Waals surface area contributed by atoms with Crippen molar-refractivity contribution in [1.82, 2.24) is 5.32 Å². The Hall–Kier alpha value is -1.88. The van der Waals surface area contributed by atoms with Crippen LogP contribution in [0.1, 0.15) is 19.4 Å². The molecule has 0 aliphatic rings. The Balaban J connectivity index is 2.31. The van der Waals surface area contributed by atoms with Crippen LogP contribution in [0, 0.1) is 5.92 Å². The zero-order chi connectivity index (χ0) is 14.3. The SMILES string of the molecule is CC(CNC(C)C(N)=O)C(=O)OCc1ccccc1. The molecule has 0 aliphatic carbocycles. The molecule has 1 rings (SSSR count). The van der Waals surface area contributed by atoms with E-state index in [4.69, 9.17) is 10.5 Å². The fraction of sp³-hybridized carbons (Fsp3) is 0.429. The van der Waals surface area contributed by atoms with Crippen LogP contribution in [-0.2, 0) is 20.9 Å². The van der Waals surface area contributed by atoms with Crippen LogP contribution >= 0.6 is 0 Å². The van der Waals surface area contributed by atoms with Gasteiger partial charge in [-0.3, -0.25) is 9.59 Å². The molecule has 2 unspecified atom stereocenters. The van der Waals surface area contributed by atoms with Crippen LogP contribution in [0.5, 0.6) is 0 Å². The summed E-state index contributed by atoms with van der Waals surface area (Å²) in [5, 5.41) is 2.89. The van der Waals surface area contributed by atoms with Gasteiger partial charge in [-0.25, -0.2) is 0 Å². The van der Waals surface area contributed by atoms with E-state index >= 15 is 0 Å². The molecule has 1 amide bonds. The molecule has 0 saturated heterocycles. The van der Waals surface area contributed by atoms with E-state index in [1.807, 2.05) is 30.3 Å². The van der Waals surface area contributed by atoms with Crippen LogP contribution in [0.3, 0.4) is 0 Å². The molecule has 5 nitrogen and oxygen atoms in total. The predicted molar refractivity (Wildman–Crippen MR) is 72.1 cm³/mol. The number of nitrogens with one attached hydrogen (secondary N) is 1. The lowest BCUT2D eigenvalue weighted by molar-refractivity contribution is -0.149. The summed E-state index contributed by atoms with van der Waals surface area (Å²) in [6, 6.07) is 9.02. The lowest BCUT2D eigenvalue weighted by atomic mass is 10.1. The van der Waals surface area contributed by atoms with Crippen molar-refractivity contribution in [2.75, 3.05) is 6.54 Å². The van der Waals surface area contributed by atoms with Gasteiger partial charge in [0.2, 0.25) is 5.91 Å². The molecule has 0 radical (unpaired) electrons. The Morgan fingerprint density at radius 3 is 2.47 bits per heavy atom.